The zero-order chi connectivity index (χ0) is 17.4. The lowest BCUT2D eigenvalue weighted by Gasteiger charge is -2.09. The first-order chi connectivity index (χ1) is 12.1. The second-order valence-electron chi connectivity index (χ2n) is 5.64. The molecule has 0 aliphatic rings. The Balaban J connectivity index is 1.82. The zero-order valence-electron chi connectivity index (χ0n) is 13.3. The Hall–Kier alpha value is -3.48. The number of aryl methyl sites for hydroxylation is 1. The standard InChI is InChI=1S/C18H14FN5O/c1-11-4-2-3-5-14(11)24-15-8-17(21-10-13(15)18(25)23-24)22-16-7-6-12(19)9-20-16/h2-10H,1H3,(H,23,25)(H,20,21,22). The number of hydrogen-bond donors (Lipinski definition) is 2. The minimum Gasteiger partial charge on any atom is -0.325 e. The van der Waals surface area contributed by atoms with Gasteiger partial charge in [-0.05, 0) is 30.7 Å². The number of nitrogens with zero attached hydrogens (tertiary/aromatic N) is 3. The van der Waals surface area contributed by atoms with Crippen LogP contribution in [-0.4, -0.2) is 19.7 Å². The first-order valence-corrected chi connectivity index (χ1v) is 7.67. The van der Waals surface area contributed by atoms with Crippen molar-refractivity contribution < 1.29 is 4.39 Å². The third kappa shape index (κ3) is 2.76. The number of fused-ring (bicyclic) bond motifs is 1. The lowest BCUT2D eigenvalue weighted by molar-refractivity contribution is 0.622. The number of halogens is 1. The molecule has 4 rings (SSSR count). The molecule has 0 aliphatic carbocycles. The van der Waals surface area contributed by atoms with Crippen molar-refractivity contribution in [3.05, 3.63) is 76.6 Å². The van der Waals surface area contributed by atoms with Crippen molar-refractivity contribution in [2.24, 2.45) is 0 Å². The first-order valence-electron chi connectivity index (χ1n) is 7.67. The average molecular weight is 335 g/mol. The fraction of sp³-hybridized carbons (Fsp3) is 0.0556. The van der Waals surface area contributed by atoms with Crippen LogP contribution in [0, 0.1) is 12.7 Å². The number of aromatic nitrogens is 4. The van der Waals surface area contributed by atoms with Crippen molar-refractivity contribution in [3.63, 3.8) is 0 Å². The molecule has 0 spiro atoms. The number of hydrogen-bond acceptors (Lipinski definition) is 4. The third-order valence-electron chi connectivity index (χ3n) is 3.92. The number of aromatic amines is 1. The highest BCUT2D eigenvalue weighted by molar-refractivity contribution is 5.82. The van der Waals surface area contributed by atoms with E-state index in [4.69, 9.17) is 0 Å². The number of H-pyrrole nitrogens is 1. The number of pyridine rings is 2. The van der Waals surface area contributed by atoms with E-state index in [1.807, 2.05) is 31.2 Å². The molecule has 6 nitrogen and oxygen atoms in total. The summed E-state index contributed by atoms with van der Waals surface area (Å²) in [5.41, 5.74) is 2.39. The van der Waals surface area contributed by atoms with Gasteiger partial charge in [0.25, 0.3) is 5.56 Å². The number of rotatable bonds is 3. The van der Waals surface area contributed by atoms with Crippen molar-refractivity contribution in [2.45, 2.75) is 6.92 Å². The van der Waals surface area contributed by atoms with Crippen LogP contribution in [0.1, 0.15) is 5.56 Å². The predicted octanol–water partition coefficient (Wildman–Crippen LogP) is 3.30. The molecule has 0 fully saturated rings. The largest absolute Gasteiger partial charge is 0.325 e. The van der Waals surface area contributed by atoms with Gasteiger partial charge in [0.05, 0.1) is 22.8 Å². The van der Waals surface area contributed by atoms with Gasteiger partial charge in [-0.25, -0.2) is 14.4 Å². The van der Waals surface area contributed by atoms with E-state index >= 15 is 0 Å². The fourth-order valence-electron chi connectivity index (χ4n) is 2.68. The third-order valence-corrected chi connectivity index (χ3v) is 3.92. The van der Waals surface area contributed by atoms with Crippen LogP contribution < -0.4 is 10.9 Å². The van der Waals surface area contributed by atoms with Gasteiger partial charge < -0.3 is 5.32 Å². The van der Waals surface area contributed by atoms with Crippen molar-refractivity contribution in [1.82, 2.24) is 19.7 Å². The Labute approximate surface area is 142 Å². The number of benzene rings is 1. The zero-order valence-corrected chi connectivity index (χ0v) is 13.3. The van der Waals surface area contributed by atoms with Crippen LogP contribution >= 0.6 is 0 Å². The highest BCUT2D eigenvalue weighted by atomic mass is 19.1. The molecule has 7 heteroatoms. The summed E-state index contributed by atoms with van der Waals surface area (Å²) >= 11 is 0. The summed E-state index contributed by atoms with van der Waals surface area (Å²) in [5.74, 6) is 0.564. The van der Waals surface area contributed by atoms with Gasteiger partial charge in [-0.1, -0.05) is 18.2 Å². The Morgan fingerprint density at radius 3 is 2.64 bits per heavy atom. The Morgan fingerprint density at radius 1 is 1.08 bits per heavy atom. The summed E-state index contributed by atoms with van der Waals surface area (Å²) in [6, 6.07) is 12.3. The van der Waals surface area contributed by atoms with Gasteiger partial charge in [0.2, 0.25) is 0 Å². The molecule has 3 heterocycles. The van der Waals surface area contributed by atoms with E-state index in [1.165, 1.54) is 18.3 Å². The Morgan fingerprint density at radius 2 is 1.88 bits per heavy atom. The van der Waals surface area contributed by atoms with E-state index < -0.39 is 5.82 Å². The Kier molecular flexibility index (Phi) is 3.53. The number of anilines is 2. The first kappa shape index (κ1) is 15.1. The van der Waals surface area contributed by atoms with E-state index in [-0.39, 0.29) is 5.56 Å². The smallest absolute Gasteiger partial charge is 0.273 e. The summed E-state index contributed by atoms with van der Waals surface area (Å²) < 4.78 is 14.7. The van der Waals surface area contributed by atoms with Crippen LogP contribution in [0.3, 0.4) is 0 Å². The van der Waals surface area contributed by atoms with Crippen LogP contribution in [0.4, 0.5) is 16.0 Å². The maximum absolute atomic E-state index is 13.0. The molecule has 0 amide bonds. The monoisotopic (exact) mass is 335 g/mol. The molecule has 2 N–H and O–H groups in total. The van der Waals surface area contributed by atoms with Crippen LogP contribution in [0.5, 0.6) is 0 Å². The Bertz CT molecular complexity index is 1110. The molecule has 0 atom stereocenters. The summed E-state index contributed by atoms with van der Waals surface area (Å²) in [4.78, 5) is 20.4. The molecule has 1 aromatic carbocycles. The molecular formula is C18H14FN5O. The molecule has 0 saturated carbocycles. The molecule has 3 aromatic heterocycles. The normalized spacial score (nSPS) is 11.0. The van der Waals surface area contributed by atoms with Crippen molar-refractivity contribution >= 4 is 22.5 Å². The fourth-order valence-corrected chi connectivity index (χ4v) is 2.68. The quantitative estimate of drug-likeness (QED) is 0.602. The maximum atomic E-state index is 13.0. The maximum Gasteiger partial charge on any atom is 0.273 e. The topological polar surface area (TPSA) is 75.6 Å². The van der Waals surface area contributed by atoms with Gasteiger partial charge in [-0.2, -0.15) is 0 Å². The lowest BCUT2D eigenvalue weighted by atomic mass is 10.2. The van der Waals surface area contributed by atoms with Gasteiger partial charge in [0, 0.05) is 12.3 Å². The van der Waals surface area contributed by atoms with E-state index in [2.05, 4.69) is 20.4 Å². The van der Waals surface area contributed by atoms with E-state index in [0.29, 0.717) is 22.5 Å². The average Bonchev–Trinajstić information content (AvgIpc) is 2.94. The molecule has 4 aromatic rings. The number of para-hydroxylation sites is 1. The summed E-state index contributed by atoms with van der Waals surface area (Å²) in [7, 11) is 0. The number of nitrogens with one attached hydrogen (secondary N) is 2. The van der Waals surface area contributed by atoms with Crippen molar-refractivity contribution in [2.75, 3.05) is 5.32 Å². The molecule has 0 saturated heterocycles. The highest BCUT2D eigenvalue weighted by Gasteiger charge is 2.11. The van der Waals surface area contributed by atoms with Crippen LogP contribution in [-0.2, 0) is 0 Å². The van der Waals surface area contributed by atoms with Gasteiger partial charge in [-0.15, -0.1) is 0 Å². The second kappa shape index (κ2) is 5.86. The molecule has 0 radical (unpaired) electrons. The van der Waals surface area contributed by atoms with Gasteiger partial charge >= 0.3 is 0 Å². The molecule has 25 heavy (non-hydrogen) atoms. The van der Waals surface area contributed by atoms with E-state index in [1.54, 1.807) is 10.7 Å². The van der Waals surface area contributed by atoms with E-state index in [0.717, 1.165) is 17.4 Å². The molecular weight excluding hydrogens is 321 g/mol. The summed E-state index contributed by atoms with van der Waals surface area (Å²) in [6.45, 7) is 1.97. The van der Waals surface area contributed by atoms with Gasteiger partial charge in [-0.3, -0.25) is 14.6 Å². The second-order valence-corrected chi connectivity index (χ2v) is 5.64. The molecule has 124 valence electrons. The van der Waals surface area contributed by atoms with Crippen molar-refractivity contribution in [1.29, 1.82) is 0 Å². The predicted molar refractivity (Wildman–Crippen MR) is 93.9 cm³/mol. The van der Waals surface area contributed by atoms with Crippen LogP contribution in [0.25, 0.3) is 16.6 Å². The van der Waals surface area contributed by atoms with E-state index in [9.17, 15) is 9.18 Å². The van der Waals surface area contributed by atoms with Crippen molar-refractivity contribution in [3.8, 4) is 5.69 Å². The lowest BCUT2D eigenvalue weighted by Crippen LogP contribution is -2.04. The molecule has 0 bridgehead atoms. The minimum absolute atomic E-state index is 0.211. The minimum atomic E-state index is -0.409. The van der Waals surface area contributed by atoms with Gasteiger partial charge in [0.15, 0.2) is 0 Å². The molecule has 0 aliphatic heterocycles. The SMILES string of the molecule is Cc1ccccc1-n1[nH]c(=O)c2cnc(Nc3ccc(F)cn3)cc21. The van der Waals surface area contributed by atoms with Crippen LogP contribution in [0.2, 0.25) is 0 Å². The summed E-state index contributed by atoms with van der Waals surface area (Å²) in [6.07, 6.45) is 2.63. The molecule has 0 unspecified atom stereocenters. The highest BCUT2D eigenvalue weighted by Crippen LogP contribution is 2.21. The summed E-state index contributed by atoms with van der Waals surface area (Å²) in [5, 5.41) is 6.33. The van der Waals surface area contributed by atoms with Gasteiger partial charge in [0.1, 0.15) is 17.5 Å². The van der Waals surface area contributed by atoms with Crippen LogP contribution in [0.15, 0.2) is 59.7 Å².